The van der Waals surface area contributed by atoms with Gasteiger partial charge < -0.3 is 10.5 Å². The number of nitrogens with two attached hydrogens (primary N) is 1. The second-order valence-electron chi connectivity index (χ2n) is 5.12. The van der Waals surface area contributed by atoms with Crippen molar-refractivity contribution in [3.8, 4) is 0 Å². The van der Waals surface area contributed by atoms with Crippen molar-refractivity contribution in [3.05, 3.63) is 35.4 Å². The lowest BCUT2D eigenvalue weighted by Gasteiger charge is -2.23. The van der Waals surface area contributed by atoms with Crippen molar-refractivity contribution in [2.24, 2.45) is 11.7 Å². The van der Waals surface area contributed by atoms with Crippen molar-refractivity contribution in [1.29, 1.82) is 0 Å². The molecule has 3 atom stereocenters. The number of rotatable bonds is 4. The highest BCUT2D eigenvalue weighted by atomic mass is 16.5. The molecule has 1 saturated heterocycles. The summed E-state index contributed by atoms with van der Waals surface area (Å²) in [5.74, 6) is 0.569. The van der Waals surface area contributed by atoms with E-state index in [-0.39, 0.29) is 12.1 Å². The van der Waals surface area contributed by atoms with Gasteiger partial charge in [-0.05, 0) is 29.9 Å². The minimum Gasteiger partial charge on any atom is -0.376 e. The van der Waals surface area contributed by atoms with Crippen LogP contribution in [0.25, 0.3) is 0 Å². The summed E-state index contributed by atoms with van der Waals surface area (Å²) in [7, 11) is 0. The van der Waals surface area contributed by atoms with Crippen LogP contribution in [-0.4, -0.2) is 12.7 Å². The lowest BCUT2D eigenvalue weighted by atomic mass is 9.92. The first-order chi connectivity index (χ1) is 8.22. The van der Waals surface area contributed by atoms with Crippen LogP contribution >= 0.6 is 0 Å². The molecule has 0 spiro atoms. The van der Waals surface area contributed by atoms with Crippen molar-refractivity contribution in [2.75, 3.05) is 6.61 Å². The van der Waals surface area contributed by atoms with Gasteiger partial charge in [0.2, 0.25) is 0 Å². The minimum absolute atomic E-state index is 0.0179. The van der Waals surface area contributed by atoms with E-state index in [4.69, 9.17) is 10.5 Å². The Labute approximate surface area is 104 Å². The van der Waals surface area contributed by atoms with Crippen LogP contribution in [-0.2, 0) is 11.2 Å². The molecule has 0 bridgehead atoms. The highest BCUT2D eigenvalue weighted by Crippen LogP contribution is 2.30. The number of hydrogen-bond acceptors (Lipinski definition) is 2. The minimum atomic E-state index is 0.0179. The molecule has 0 aromatic heterocycles. The summed E-state index contributed by atoms with van der Waals surface area (Å²) in [6.07, 6.45) is 3.62. The number of ether oxygens (including phenoxy) is 1. The molecule has 0 saturated carbocycles. The van der Waals surface area contributed by atoms with Crippen molar-refractivity contribution < 1.29 is 4.74 Å². The van der Waals surface area contributed by atoms with Crippen LogP contribution in [0.1, 0.15) is 43.9 Å². The Kier molecular flexibility index (Phi) is 4.19. The molecule has 0 radical (unpaired) electrons. The molecule has 1 fully saturated rings. The van der Waals surface area contributed by atoms with E-state index >= 15 is 0 Å². The summed E-state index contributed by atoms with van der Waals surface area (Å²) in [5, 5.41) is 0. The van der Waals surface area contributed by atoms with Crippen LogP contribution in [0.2, 0.25) is 0 Å². The van der Waals surface area contributed by atoms with Gasteiger partial charge in [0, 0.05) is 6.61 Å². The number of hydrogen-bond donors (Lipinski definition) is 1. The average molecular weight is 233 g/mol. The van der Waals surface area contributed by atoms with Gasteiger partial charge in [0.05, 0.1) is 12.1 Å². The van der Waals surface area contributed by atoms with E-state index in [0.29, 0.717) is 5.92 Å². The molecule has 2 nitrogen and oxygen atoms in total. The second kappa shape index (κ2) is 5.65. The summed E-state index contributed by atoms with van der Waals surface area (Å²) < 4.78 is 5.76. The molecule has 0 amide bonds. The van der Waals surface area contributed by atoms with E-state index in [0.717, 1.165) is 19.4 Å². The first-order valence-electron chi connectivity index (χ1n) is 6.68. The molecule has 1 aromatic rings. The number of benzene rings is 1. The second-order valence-corrected chi connectivity index (χ2v) is 5.12. The van der Waals surface area contributed by atoms with Crippen LogP contribution in [0.5, 0.6) is 0 Å². The quantitative estimate of drug-likeness (QED) is 0.867. The molecule has 1 aliphatic rings. The summed E-state index contributed by atoms with van der Waals surface area (Å²) in [6.45, 7) is 5.29. The van der Waals surface area contributed by atoms with Crippen molar-refractivity contribution in [3.63, 3.8) is 0 Å². The zero-order valence-electron chi connectivity index (χ0n) is 10.9. The van der Waals surface area contributed by atoms with Crippen molar-refractivity contribution >= 4 is 0 Å². The third kappa shape index (κ3) is 2.88. The fourth-order valence-electron chi connectivity index (χ4n) is 2.61. The van der Waals surface area contributed by atoms with Crippen LogP contribution in [0.3, 0.4) is 0 Å². The molecule has 2 heteroatoms. The predicted molar refractivity (Wildman–Crippen MR) is 70.9 cm³/mol. The van der Waals surface area contributed by atoms with E-state index in [1.165, 1.54) is 17.5 Å². The molecule has 2 N–H and O–H groups in total. The average Bonchev–Trinajstić information content (AvgIpc) is 2.75. The molecule has 17 heavy (non-hydrogen) atoms. The van der Waals surface area contributed by atoms with E-state index < -0.39 is 0 Å². The summed E-state index contributed by atoms with van der Waals surface area (Å²) in [6, 6.07) is 8.67. The zero-order chi connectivity index (χ0) is 12.3. The van der Waals surface area contributed by atoms with Crippen LogP contribution < -0.4 is 5.73 Å². The first-order valence-corrected chi connectivity index (χ1v) is 6.68. The maximum atomic E-state index is 6.33. The van der Waals surface area contributed by atoms with E-state index in [9.17, 15) is 0 Å². The van der Waals surface area contributed by atoms with Crippen molar-refractivity contribution in [1.82, 2.24) is 0 Å². The van der Waals surface area contributed by atoms with Gasteiger partial charge in [0.25, 0.3) is 0 Å². The maximum Gasteiger partial charge on any atom is 0.0793 e. The highest BCUT2D eigenvalue weighted by Gasteiger charge is 2.30. The topological polar surface area (TPSA) is 35.2 Å². The summed E-state index contributed by atoms with van der Waals surface area (Å²) >= 11 is 0. The molecule has 1 aliphatic heterocycles. The smallest absolute Gasteiger partial charge is 0.0793 e. The lowest BCUT2D eigenvalue weighted by molar-refractivity contribution is 0.0725. The Morgan fingerprint density at radius 2 is 2.29 bits per heavy atom. The van der Waals surface area contributed by atoms with Crippen molar-refractivity contribution in [2.45, 2.75) is 45.3 Å². The van der Waals surface area contributed by atoms with E-state index in [1.807, 2.05) is 0 Å². The zero-order valence-corrected chi connectivity index (χ0v) is 10.9. The lowest BCUT2D eigenvalue weighted by Crippen LogP contribution is -2.29. The highest BCUT2D eigenvalue weighted by molar-refractivity contribution is 5.27. The molecule has 94 valence electrons. The largest absolute Gasteiger partial charge is 0.376 e. The standard InChI is InChI=1S/C15H23NO/c1-3-5-12-6-4-7-13(10-12)14(16)15-11(2)8-9-17-15/h4,6-7,10-11,14-15H,3,5,8-9,16H2,1-2H3. The van der Waals surface area contributed by atoms with Gasteiger partial charge in [-0.15, -0.1) is 0 Å². The van der Waals surface area contributed by atoms with E-state index in [2.05, 4.69) is 38.1 Å². The first kappa shape index (κ1) is 12.6. The molecular formula is C15H23NO. The Morgan fingerprint density at radius 3 is 2.94 bits per heavy atom. The Morgan fingerprint density at radius 1 is 1.47 bits per heavy atom. The SMILES string of the molecule is CCCc1cccc(C(N)C2OCCC2C)c1. The van der Waals surface area contributed by atoms with Gasteiger partial charge in [-0.25, -0.2) is 0 Å². The maximum absolute atomic E-state index is 6.33. The van der Waals surface area contributed by atoms with Gasteiger partial charge in [-0.3, -0.25) is 0 Å². The fourth-order valence-corrected chi connectivity index (χ4v) is 2.61. The monoisotopic (exact) mass is 233 g/mol. The van der Waals surface area contributed by atoms with Crippen LogP contribution in [0.15, 0.2) is 24.3 Å². The predicted octanol–water partition coefficient (Wildman–Crippen LogP) is 3.06. The molecule has 1 heterocycles. The molecule has 2 rings (SSSR count). The molecular weight excluding hydrogens is 210 g/mol. The van der Waals surface area contributed by atoms with Gasteiger partial charge in [-0.1, -0.05) is 44.5 Å². The fraction of sp³-hybridized carbons (Fsp3) is 0.600. The van der Waals surface area contributed by atoms with E-state index in [1.54, 1.807) is 0 Å². The summed E-state index contributed by atoms with van der Waals surface area (Å²) in [4.78, 5) is 0. The van der Waals surface area contributed by atoms with Gasteiger partial charge >= 0.3 is 0 Å². The molecule has 3 unspecified atom stereocenters. The van der Waals surface area contributed by atoms with Gasteiger partial charge in [0.1, 0.15) is 0 Å². The molecule has 1 aromatic carbocycles. The third-order valence-corrected chi connectivity index (χ3v) is 3.67. The normalized spacial score (nSPS) is 26.1. The Balaban J connectivity index is 2.12. The Bertz CT molecular complexity index is 364. The van der Waals surface area contributed by atoms with Crippen LogP contribution in [0.4, 0.5) is 0 Å². The van der Waals surface area contributed by atoms with Gasteiger partial charge in [-0.2, -0.15) is 0 Å². The Hall–Kier alpha value is -0.860. The molecule has 0 aliphatic carbocycles. The van der Waals surface area contributed by atoms with Crippen LogP contribution in [0, 0.1) is 5.92 Å². The third-order valence-electron chi connectivity index (χ3n) is 3.67. The van der Waals surface area contributed by atoms with Gasteiger partial charge in [0.15, 0.2) is 0 Å². The number of aryl methyl sites for hydroxylation is 1. The summed E-state index contributed by atoms with van der Waals surface area (Å²) in [5.41, 5.74) is 8.93.